The van der Waals surface area contributed by atoms with Crippen molar-refractivity contribution in [1.29, 1.82) is 0 Å². The topological polar surface area (TPSA) is 57.0 Å². The summed E-state index contributed by atoms with van der Waals surface area (Å²) < 4.78 is 7.33. The Morgan fingerprint density at radius 2 is 2.00 bits per heavy atom. The third-order valence-corrected chi connectivity index (χ3v) is 3.05. The second-order valence-electron chi connectivity index (χ2n) is 4.63. The summed E-state index contributed by atoms with van der Waals surface area (Å²) in [7, 11) is 0. The van der Waals surface area contributed by atoms with Crippen LogP contribution in [0.1, 0.15) is 19.9 Å². The molecule has 92 valence electrons. The lowest BCUT2D eigenvalue weighted by Gasteiger charge is -2.12. The number of hydrogen-bond donors (Lipinski definition) is 1. The van der Waals surface area contributed by atoms with Crippen LogP contribution in [0.4, 0.5) is 5.69 Å². The maximum absolute atomic E-state index is 5.92. The van der Waals surface area contributed by atoms with Gasteiger partial charge in [0.15, 0.2) is 0 Å². The van der Waals surface area contributed by atoms with Gasteiger partial charge in [-0.05, 0) is 26.0 Å². The molecule has 0 aliphatic carbocycles. The van der Waals surface area contributed by atoms with E-state index in [1.165, 1.54) is 0 Å². The molecule has 0 unspecified atom stereocenters. The smallest absolute Gasteiger partial charge is 0.146 e. The average Bonchev–Trinajstić information content (AvgIpc) is 2.91. The van der Waals surface area contributed by atoms with Crippen LogP contribution in [0.3, 0.4) is 0 Å². The fourth-order valence-corrected chi connectivity index (χ4v) is 2.25. The first-order chi connectivity index (χ1) is 8.68. The minimum Gasteiger partial charge on any atom is -0.470 e. The van der Waals surface area contributed by atoms with Crippen LogP contribution >= 0.6 is 0 Å². The summed E-state index contributed by atoms with van der Waals surface area (Å²) in [4.78, 5) is 4.66. The number of para-hydroxylation sites is 2. The molecule has 2 aromatic heterocycles. The van der Waals surface area contributed by atoms with Crippen molar-refractivity contribution in [1.82, 2.24) is 9.55 Å². The average molecular weight is 241 g/mol. The van der Waals surface area contributed by atoms with E-state index in [9.17, 15) is 0 Å². The third-order valence-electron chi connectivity index (χ3n) is 3.05. The zero-order chi connectivity index (χ0) is 12.7. The second kappa shape index (κ2) is 3.91. The SMILES string of the molecule is CC(C)n1c(-c2cocc2N)nc2ccccc21. The molecule has 3 rings (SSSR count). The maximum Gasteiger partial charge on any atom is 0.146 e. The third kappa shape index (κ3) is 1.49. The summed E-state index contributed by atoms with van der Waals surface area (Å²) in [6.45, 7) is 4.27. The molecule has 0 aliphatic heterocycles. The van der Waals surface area contributed by atoms with Crippen molar-refractivity contribution in [2.45, 2.75) is 19.9 Å². The van der Waals surface area contributed by atoms with Crippen LogP contribution in [0.15, 0.2) is 41.2 Å². The fourth-order valence-electron chi connectivity index (χ4n) is 2.25. The predicted molar refractivity (Wildman–Crippen MR) is 72.2 cm³/mol. The molecule has 0 saturated heterocycles. The molecule has 0 atom stereocenters. The number of imidazole rings is 1. The molecule has 0 fully saturated rings. The molecule has 18 heavy (non-hydrogen) atoms. The predicted octanol–water partition coefficient (Wildman–Crippen LogP) is 3.46. The summed E-state index contributed by atoms with van der Waals surface area (Å²) in [6, 6.07) is 8.39. The Hall–Kier alpha value is -2.23. The summed E-state index contributed by atoms with van der Waals surface area (Å²) in [6.07, 6.45) is 3.19. The van der Waals surface area contributed by atoms with Gasteiger partial charge < -0.3 is 14.7 Å². The molecule has 0 aliphatic rings. The Morgan fingerprint density at radius 3 is 2.67 bits per heavy atom. The zero-order valence-corrected chi connectivity index (χ0v) is 10.4. The van der Waals surface area contributed by atoms with Crippen LogP contribution < -0.4 is 5.73 Å². The number of benzene rings is 1. The second-order valence-corrected chi connectivity index (χ2v) is 4.63. The molecule has 1 aromatic carbocycles. The zero-order valence-electron chi connectivity index (χ0n) is 10.4. The maximum atomic E-state index is 5.92. The highest BCUT2D eigenvalue weighted by molar-refractivity contribution is 5.83. The first kappa shape index (κ1) is 10.9. The van der Waals surface area contributed by atoms with Gasteiger partial charge in [0.25, 0.3) is 0 Å². The Morgan fingerprint density at radius 1 is 1.22 bits per heavy atom. The van der Waals surface area contributed by atoms with Crippen LogP contribution in [0.2, 0.25) is 0 Å². The molecule has 2 N–H and O–H groups in total. The molecule has 4 heteroatoms. The minimum absolute atomic E-state index is 0.307. The lowest BCUT2D eigenvalue weighted by molar-refractivity contribution is 0.567. The van der Waals surface area contributed by atoms with Gasteiger partial charge in [-0.1, -0.05) is 12.1 Å². The van der Waals surface area contributed by atoms with E-state index in [-0.39, 0.29) is 0 Å². The summed E-state index contributed by atoms with van der Waals surface area (Å²) in [5.41, 5.74) is 9.47. The Balaban J connectivity index is 2.35. The van der Waals surface area contributed by atoms with Gasteiger partial charge in [-0.2, -0.15) is 0 Å². The number of furan rings is 1. The van der Waals surface area contributed by atoms with Crippen molar-refractivity contribution in [3.63, 3.8) is 0 Å². The molecule has 0 saturated carbocycles. The molecule has 0 bridgehead atoms. The van der Waals surface area contributed by atoms with E-state index in [0.29, 0.717) is 11.7 Å². The Labute approximate surface area is 105 Å². The van der Waals surface area contributed by atoms with Crippen LogP contribution in [-0.4, -0.2) is 9.55 Å². The summed E-state index contributed by atoms with van der Waals surface area (Å²) >= 11 is 0. The van der Waals surface area contributed by atoms with Crippen molar-refractivity contribution in [3.8, 4) is 11.4 Å². The normalized spacial score (nSPS) is 11.5. The van der Waals surface area contributed by atoms with Crippen molar-refractivity contribution in [3.05, 3.63) is 36.8 Å². The van der Waals surface area contributed by atoms with Gasteiger partial charge in [-0.15, -0.1) is 0 Å². The van der Waals surface area contributed by atoms with E-state index in [2.05, 4.69) is 29.5 Å². The van der Waals surface area contributed by atoms with Gasteiger partial charge in [0.1, 0.15) is 18.4 Å². The van der Waals surface area contributed by atoms with Crippen molar-refractivity contribution >= 4 is 16.7 Å². The fraction of sp³-hybridized carbons (Fsp3) is 0.214. The number of rotatable bonds is 2. The van der Waals surface area contributed by atoms with Crippen LogP contribution in [0.25, 0.3) is 22.4 Å². The standard InChI is InChI=1S/C14H15N3O/c1-9(2)17-13-6-4-3-5-12(13)16-14(17)10-7-18-8-11(10)15/h3-9H,15H2,1-2H3. The Kier molecular flexibility index (Phi) is 2.37. The number of anilines is 1. The molecular formula is C14H15N3O. The van der Waals surface area contributed by atoms with Crippen molar-refractivity contribution in [2.24, 2.45) is 0 Å². The molecule has 0 spiro atoms. The van der Waals surface area contributed by atoms with Crippen LogP contribution in [0.5, 0.6) is 0 Å². The first-order valence-electron chi connectivity index (χ1n) is 5.97. The number of nitrogen functional groups attached to an aromatic ring is 1. The number of aromatic nitrogens is 2. The van der Waals surface area contributed by atoms with E-state index < -0.39 is 0 Å². The van der Waals surface area contributed by atoms with E-state index >= 15 is 0 Å². The molecule has 2 heterocycles. The highest BCUT2D eigenvalue weighted by atomic mass is 16.3. The monoisotopic (exact) mass is 241 g/mol. The molecular weight excluding hydrogens is 226 g/mol. The van der Waals surface area contributed by atoms with E-state index in [0.717, 1.165) is 22.4 Å². The lowest BCUT2D eigenvalue weighted by Crippen LogP contribution is -2.03. The minimum atomic E-state index is 0.307. The molecule has 0 radical (unpaired) electrons. The quantitative estimate of drug-likeness (QED) is 0.747. The molecule has 3 aromatic rings. The summed E-state index contributed by atoms with van der Waals surface area (Å²) in [5, 5.41) is 0. The van der Waals surface area contributed by atoms with Gasteiger partial charge in [-0.3, -0.25) is 0 Å². The lowest BCUT2D eigenvalue weighted by atomic mass is 10.2. The van der Waals surface area contributed by atoms with Gasteiger partial charge in [0.2, 0.25) is 0 Å². The van der Waals surface area contributed by atoms with Gasteiger partial charge in [0.05, 0.1) is 22.3 Å². The number of hydrogen-bond acceptors (Lipinski definition) is 3. The number of nitrogens with two attached hydrogens (primary N) is 1. The Bertz CT molecular complexity index is 694. The highest BCUT2D eigenvalue weighted by Crippen LogP contribution is 2.31. The first-order valence-corrected chi connectivity index (χ1v) is 5.97. The number of fused-ring (bicyclic) bond motifs is 1. The van der Waals surface area contributed by atoms with E-state index in [1.54, 1.807) is 12.5 Å². The highest BCUT2D eigenvalue weighted by Gasteiger charge is 2.17. The van der Waals surface area contributed by atoms with Crippen molar-refractivity contribution < 1.29 is 4.42 Å². The van der Waals surface area contributed by atoms with E-state index in [4.69, 9.17) is 10.2 Å². The van der Waals surface area contributed by atoms with Gasteiger partial charge in [-0.25, -0.2) is 4.98 Å². The molecule has 4 nitrogen and oxygen atoms in total. The van der Waals surface area contributed by atoms with Gasteiger partial charge in [0, 0.05) is 6.04 Å². The van der Waals surface area contributed by atoms with E-state index in [1.807, 2.05) is 18.2 Å². The van der Waals surface area contributed by atoms with Gasteiger partial charge >= 0.3 is 0 Å². The molecule has 0 amide bonds. The number of nitrogens with zero attached hydrogens (tertiary/aromatic N) is 2. The van der Waals surface area contributed by atoms with Crippen LogP contribution in [-0.2, 0) is 0 Å². The summed E-state index contributed by atoms with van der Waals surface area (Å²) in [5.74, 6) is 0.859. The van der Waals surface area contributed by atoms with Crippen molar-refractivity contribution in [2.75, 3.05) is 5.73 Å². The largest absolute Gasteiger partial charge is 0.470 e. The van der Waals surface area contributed by atoms with Crippen LogP contribution in [0, 0.1) is 0 Å².